The Balaban J connectivity index is 2.60. The standard InChI is InChI=1S/C10H13NO2/c1-8(11-12)9(2)13-10-6-4-3-5-7-10/h3-7,9,12H,1-2H3. The minimum Gasteiger partial charge on any atom is -0.485 e. The van der Waals surface area contributed by atoms with E-state index in [0.717, 1.165) is 5.75 Å². The van der Waals surface area contributed by atoms with Crippen LogP contribution >= 0.6 is 0 Å². The summed E-state index contributed by atoms with van der Waals surface area (Å²) in [6, 6.07) is 9.44. The highest BCUT2D eigenvalue weighted by Crippen LogP contribution is 2.11. The minimum atomic E-state index is -0.201. The largest absolute Gasteiger partial charge is 0.485 e. The van der Waals surface area contributed by atoms with E-state index in [2.05, 4.69) is 5.16 Å². The predicted molar refractivity (Wildman–Crippen MR) is 51.4 cm³/mol. The lowest BCUT2D eigenvalue weighted by Crippen LogP contribution is -2.20. The second-order valence-corrected chi connectivity index (χ2v) is 2.81. The zero-order valence-electron chi connectivity index (χ0n) is 7.77. The molecule has 0 saturated carbocycles. The molecule has 3 heteroatoms. The van der Waals surface area contributed by atoms with Gasteiger partial charge in [-0.05, 0) is 26.0 Å². The molecule has 70 valence electrons. The maximum Gasteiger partial charge on any atom is 0.137 e. The van der Waals surface area contributed by atoms with Gasteiger partial charge in [0.15, 0.2) is 0 Å². The van der Waals surface area contributed by atoms with Gasteiger partial charge in [0.2, 0.25) is 0 Å². The molecule has 0 fully saturated rings. The van der Waals surface area contributed by atoms with Crippen molar-refractivity contribution in [3.05, 3.63) is 30.3 Å². The molecule has 0 spiro atoms. The average Bonchev–Trinajstić information content (AvgIpc) is 2.18. The summed E-state index contributed by atoms with van der Waals surface area (Å²) in [6.07, 6.45) is -0.201. The molecule has 0 aromatic heterocycles. The van der Waals surface area contributed by atoms with E-state index in [1.165, 1.54) is 0 Å². The Morgan fingerprint density at radius 3 is 2.54 bits per heavy atom. The number of nitrogens with zero attached hydrogens (tertiary/aromatic N) is 1. The molecular formula is C10H13NO2. The van der Waals surface area contributed by atoms with E-state index < -0.39 is 0 Å². The van der Waals surface area contributed by atoms with Gasteiger partial charge >= 0.3 is 0 Å². The van der Waals surface area contributed by atoms with E-state index in [0.29, 0.717) is 5.71 Å². The molecule has 0 aliphatic rings. The lowest BCUT2D eigenvalue weighted by Gasteiger charge is -2.12. The van der Waals surface area contributed by atoms with Crippen LogP contribution in [-0.4, -0.2) is 17.0 Å². The Morgan fingerprint density at radius 1 is 1.38 bits per heavy atom. The number of benzene rings is 1. The Labute approximate surface area is 77.6 Å². The summed E-state index contributed by atoms with van der Waals surface area (Å²) in [5, 5.41) is 11.6. The second kappa shape index (κ2) is 4.50. The maximum atomic E-state index is 8.49. The van der Waals surface area contributed by atoms with Crippen LogP contribution < -0.4 is 4.74 Å². The maximum absolute atomic E-state index is 8.49. The fourth-order valence-corrected chi connectivity index (χ4v) is 0.870. The Bertz CT molecular complexity index is 282. The van der Waals surface area contributed by atoms with E-state index in [-0.39, 0.29) is 6.10 Å². The third kappa shape index (κ3) is 2.78. The summed E-state index contributed by atoms with van der Waals surface area (Å²) < 4.78 is 5.48. The molecule has 0 bridgehead atoms. The molecule has 0 saturated heterocycles. The minimum absolute atomic E-state index is 0.201. The number of oxime groups is 1. The van der Waals surface area contributed by atoms with Gasteiger partial charge in [-0.1, -0.05) is 23.4 Å². The van der Waals surface area contributed by atoms with Gasteiger partial charge in [-0.3, -0.25) is 0 Å². The van der Waals surface area contributed by atoms with Gasteiger partial charge in [0.05, 0.1) is 5.71 Å². The zero-order chi connectivity index (χ0) is 9.68. The SMILES string of the molecule is CC(=NO)C(C)Oc1ccccc1. The Morgan fingerprint density at radius 2 is 2.00 bits per heavy atom. The molecule has 1 atom stereocenters. The van der Waals surface area contributed by atoms with E-state index >= 15 is 0 Å². The molecule has 0 aliphatic heterocycles. The third-order valence-electron chi connectivity index (χ3n) is 1.80. The van der Waals surface area contributed by atoms with Gasteiger partial charge in [0.1, 0.15) is 11.9 Å². The quantitative estimate of drug-likeness (QED) is 0.439. The van der Waals surface area contributed by atoms with Crippen molar-refractivity contribution >= 4 is 5.71 Å². The fourth-order valence-electron chi connectivity index (χ4n) is 0.870. The summed E-state index contributed by atoms with van der Waals surface area (Å²) in [4.78, 5) is 0. The normalized spacial score (nSPS) is 13.8. The molecule has 0 heterocycles. The summed E-state index contributed by atoms with van der Waals surface area (Å²) in [5.41, 5.74) is 0.559. The summed E-state index contributed by atoms with van der Waals surface area (Å²) in [7, 11) is 0. The molecule has 0 radical (unpaired) electrons. The highest BCUT2D eigenvalue weighted by molar-refractivity contribution is 5.85. The van der Waals surface area contributed by atoms with E-state index in [1.807, 2.05) is 37.3 Å². The first kappa shape index (κ1) is 9.58. The number of hydrogen-bond donors (Lipinski definition) is 1. The molecule has 13 heavy (non-hydrogen) atoms. The zero-order valence-corrected chi connectivity index (χ0v) is 7.77. The molecule has 1 unspecified atom stereocenters. The summed E-state index contributed by atoms with van der Waals surface area (Å²) in [5.74, 6) is 0.776. The van der Waals surface area contributed by atoms with Crippen LogP contribution in [0.2, 0.25) is 0 Å². The first-order valence-corrected chi connectivity index (χ1v) is 4.14. The van der Waals surface area contributed by atoms with Crippen molar-refractivity contribution in [1.29, 1.82) is 0 Å². The highest BCUT2D eigenvalue weighted by Gasteiger charge is 2.06. The van der Waals surface area contributed by atoms with Gasteiger partial charge in [0, 0.05) is 0 Å². The van der Waals surface area contributed by atoms with Gasteiger partial charge in [-0.25, -0.2) is 0 Å². The number of para-hydroxylation sites is 1. The first-order chi connectivity index (χ1) is 6.24. The lowest BCUT2D eigenvalue weighted by atomic mass is 10.2. The fraction of sp³-hybridized carbons (Fsp3) is 0.300. The first-order valence-electron chi connectivity index (χ1n) is 4.14. The number of ether oxygens (including phenoxy) is 1. The van der Waals surface area contributed by atoms with Crippen LogP contribution in [-0.2, 0) is 0 Å². The molecule has 1 rings (SSSR count). The monoisotopic (exact) mass is 179 g/mol. The number of rotatable bonds is 3. The van der Waals surface area contributed by atoms with Crippen LogP contribution in [0.15, 0.2) is 35.5 Å². The number of hydrogen-bond acceptors (Lipinski definition) is 3. The van der Waals surface area contributed by atoms with Crippen LogP contribution in [0.4, 0.5) is 0 Å². The van der Waals surface area contributed by atoms with E-state index in [1.54, 1.807) is 6.92 Å². The lowest BCUT2D eigenvalue weighted by molar-refractivity contribution is 0.266. The van der Waals surface area contributed by atoms with Crippen LogP contribution in [0.3, 0.4) is 0 Å². The van der Waals surface area contributed by atoms with Crippen molar-refractivity contribution < 1.29 is 9.94 Å². The van der Waals surface area contributed by atoms with Crippen molar-refractivity contribution in [3.8, 4) is 5.75 Å². The Kier molecular flexibility index (Phi) is 3.31. The molecule has 1 aromatic rings. The average molecular weight is 179 g/mol. The van der Waals surface area contributed by atoms with Crippen molar-refractivity contribution in [3.63, 3.8) is 0 Å². The van der Waals surface area contributed by atoms with Crippen molar-refractivity contribution in [1.82, 2.24) is 0 Å². The van der Waals surface area contributed by atoms with Crippen molar-refractivity contribution in [2.75, 3.05) is 0 Å². The molecule has 0 aliphatic carbocycles. The Hall–Kier alpha value is -1.51. The topological polar surface area (TPSA) is 41.8 Å². The predicted octanol–water partition coefficient (Wildman–Crippen LogP) is 2.30. The molecule has 3 nitrogen and oxygen atoms in total. The van der Waals surface area contributed by atoms with Gasteiger partial charge in [-0.2, -0.15) is 0 Å². The van der Waals surface area contributed by atoms with E-state index in [9.17, 15) is 0 Å². The van der Waals surface area contributed by atoms with E-state index in [4.69, 9.17) is 9.94 Å². The second-order valence-electron chi connectivity index (χ2n) is 2.81. The van der Waals surface area contributed by atoms with Crippen LogP contribution in [0.5, 0.6) is 5.75 Å². The molecule has 0 amide bonds. The van der Waals surface area contributed by atoms with Crippen LogP contribution in [0.25, 0.3) is 0 Å². The van der Waals surface area contributed by atoms with Gasteiger partial charge in [-0.15, -0.1) is 0 Å². The molecule has 1 aromatic carbocycles. The van der Waals surface area contributed by atoms with Crippen LogP contribution in [0.1, 0.15) is 13.8 Å². The van der Waals surface area contributed by atoms with Crippen molar-refractivity contribution in [2.24, 2.45) is 5.16 Å². The van der Waals surface area contributed by atoms with Gasteiger partial charge < -0.3 is 9.94 Å². The summed E-state index contributed by atoms with van der Waals surface area (Å²) in [6.45, 7) is 3.55. The van der Waals surface area contributed by atoms with Crippen LogP contribution in [0, 0.1) is 0 Å². The highest BCUT2D eigenvalue weighted by atomic mass is 16.5. The summed E-state index contributed by atoms with van der Waals surface area (Å²) >= 11 is 0. The molecule has 1 N–H and O–H groups in total. The molecular weight excluding hydrogens is 166 g/mol. The van der Waals surface area contributed by atoms with Gasteiger partial charge in [0.25, 0.3) is 0 Å². The third-order valence-corrected chi connectivity index (χ3v) is 1.80. The smallest absolute Gasteiger partial charge is 0.137 e. The van der Waals surface area contributed by atoms with Crippen molar-refractivity contribution in [2.45, 2.75) is 20.0 Å².